The summed E-state index contributed by atoms with van der Waals surface area (Å²) in [7, 11) is 0. The smallest absolute Gasteiger partial charge is 0.416 e. The van der Waals surface area contributed by atoms with E-state index in [-0.39, 0.29) is 32.0 Å². The molecule has 1 aromatic carbocycles. The third-order valence-electron chi connectivity index (χ3n) is 2.79. The quantitative estimate of drug-likeness (QED) is 0.512. The van der Waals surface area contributed by atoms with Crippen LogP contribution in [0.25, 0.3) is 0 Å². The first-order valence-electron chi connectivity index (χ1n) is 6.94. The normalized spacial score (nSPS) is 12.4. The molecule has 0 spiro atoms. The number of hydrogen-bond donors (Lipinski definition) is 4. The van der Waals surface area contributed by atoms with Crippen LogP contribution in [0.2, 0.25) is 0 Å². The van der Waals surface area contributed by atoms with E-state index in [1.54, 1.807) is 0 Å². The lowest BCUT2D eigenvalue weighted by Gasteiger charge is -2.14. The Hall–Kier alpha value is -2.33. The van der Waals surface area contributed by atoms with Gasteiger partial charge in [0.15, 0.2) is 0 Å². The van der Waals surface area contributed by atoms with Gasteiger partial charge in [-0.1, -0.05) is 0 Å². The average Bonchev–Trinajstić information content (AvgIpc) is 2.55. The second-order valence-corrected chi connectivity index (χ2v) is 4.77. The summed E-state index contributed by atoms with van der Waals surface area (Å²) in [5.41, 5.74) is 4.24. The highest BCUT2D eigenvalue weighted by atomic mass is 19.4. The fraction of sp³-hybridized carbons (Fsp3) is 0.429. The molecule has 1 rings (SSSR count). The third kappa shape index (κ3) is 7.29. The lowest BCUT2D eigenvalue weighted by Crippen LogP contribution is -2.42. The molecule has 0 aromatic heterocycles. The lowest BCUT2D eigenvalue weighted by molar-refractivity contribution is -0.137. The summed E-state index contributed by atoms with van der Waals surface area (Å²) in [5, 5.41) is 14.2. The highest BCUT2D eigenvalue weighted by Gasteiger charge is 2.30. The molecule has 0 aliphatic carbocycles. The van der Waals surface area contributed by atoms with Gasteiger partial charge < -0.3 is 26.2 Å². The number of nitrogens with one attached hydrogen (secondary N) is 2. The fourth-order valence-corrected chi connectivity index (χ4v) is 1.54. The first kappa shape index (κ1) is 19.7. The molecule has 7 nitrogen and oxygen atoms in total. The fourth-order valence-electron chi connectivity index (χ4n) is 1.54. The van der Waals surface area contributed by atoms with Crippen molar-refractivity contribution in [3.8, 4) is 5.75 Å². The zero-order chi connectivity index (χ0) is 18.2. The van der Waals surface area contributed by atoms with Gasteiger partial charge in [-0.25, -0.2) is 0 Å². The minimum Gasteiger partial charge on any atom is -0.491 e. The number of hydrogen-bond acceptors (Lipinski definition) is 5. The molecule has 0 radical (unpaired) electrons. The summed E-state index contributed by atoms with van der Waals surface area (Å²) in [5.74, 6) is -0.856. The molecule has 1 atom stereocenters. The third-order valence-corrected chi connectivity index (χ3v) is 2.79. The van der Waals surface area contributed by atoms with Crippen LogP contribution >= 0.6 is 0 Å². The van der Waals surface area contributed by atoms with Crippen LogP contribution in [-0.4, -0.2) is 49.3 Å². The van der Waals surface area contributed by atoms with Crippen molar-refractivity contribution in [2.24, 2.45) is 5.73 Å². The molecule has 0 fully saturated rings. The van der Waals surface area contributed by atoms with E-state index < -0.39 is 29.7 Å². The SMILES string of the molecule is NCC(=O)NCC(=O)NCC(O)COc1ccc(C(F)(F)F)cc1. The van der Waals surface area contributed by atoms with Crippen LogP contribution in [-0.2, 0) is 15.8 Å². The highest BCUT2D eigenvalue weighted by Crippen LogP contribution is 2.30. The monoisotopic (exact) mass is 349 g/mol. The van der Waals surface area contributed by atoms with Crippen molar-refractivity contribution < 1.29 is 32.6 Å². The number of ether oxygens (including phenoxy) is 1. The molecule has 5 N–H and O–H groups in total. The van der Waals surface area contributed by atoms with E-state index in [1.165, 1.54) is 0 Å². The second kappa shape index (κ2) is 9.08. The highest BCUT2D eigenvalue weighted by molar-refractivity contribution is 5.85. The summed E-state index contributed by atoms with van der Waals surface area (Å²) in [6, 6.07) is 4.00. The molecule has 0 aliphatic heterocycles. The number of rotatable bonds is 8. The number of halogens is 3. The van der Waals surface area contributed by atoms with Crippen LogP contribution in [0.1, 0.15) is 5.56 Å². The summed E-state index contributed by atoms with van der Waals surface area (Å²) in [6.45, 7) is -0.877. The Kier molecular flexibility index (Phi) is 7.46. The molecule has 10 heteroatoms. The van der Waals surface area contributed by atoms with Crippen LogP contribution in [0.4, 0.5) is 13.2 Å². The Morgan fingerprint density at radius 2 is 1.79 bits per heavy atom. The number of benzene rings is 1. The summed E-state index contributed by atoms with van der Waals surface area (Å²) < 4.78 is 42.3. The minimum absolute atomic E-state index is 0.141. The first-order chi connectivity index (χ1) is 11.2. The molecule has 1 unspecified atom stereocenters. The van der Waals surface area contributed by atoms with E-state index in [4.69, 9.17) is 10.5 Å². The Balaban J connectivity index is 2.29. The molecule has 24 heavy (non-hydrogen) atoms. The van der Waals surface area contributed by atoms with Crippen LogP contribution in [0.5, 0.6) is 5.75 Å². The van der Waals surface area contributed by atoms with E-state index in [1.807, 2.05) is 0 Å². The molecule has 0 heterocycles. The van der Waals surface area contributed by atoms with Gasteiger partial charge in [0, 0.05) is 6.54 Å². The standard InChI is InChI=1S/C14H18F3N3O4/c15-14(16,17)9-1-3-11(4-2-9)24-8-10(21)6-19-13(23)7-20-12(22)5-18/h1-4,10,21H,5-8,18H2,(H,19,23)(H,20,22). The van der Waals surface area contributed by atoms with Crippen molar-refractivity contribution in [1.29, 1.82) is 0 Å². The van der Waals surface area contributed by atoms with Gasteiger partial charge >= 0.3 is 6.18 Å². The van der Waals surface area contributed by atoms with Crippen LogP contribution in [0, 0.1) is 0 Å². The zero-order valence-corrected chi connectivity index (χ0v) is 12.6. The molecule has 0 saturated carbocycles. The molecule has 0 bridgehead atoms. The van der Waals surface area contributed by atoms with Gasteiger partial charge in [0.05, 0.1) is 18.7 Å². The van der Waals surface area contributed by atoms with Gasteiger partial charge in [-0.05, 0) is 24.3 Å². The number of alkyl halides is 3. The van der Waals surface area contributed by atoms with Gasteiger partial charge in [0.1, 0.15) is 18.5 Å². The van der Waals surface area contributed by atoms with E-state index in [0.29, 0.717) is 0 Å². The second-order valence-electron chi connectivity index (χ2n) is 4.77. The topological polar surface area (TPSA) is 114 Å². The minimum atomic E-state index is -4.43. The average molecular weight is 349 g/mol. The molecule has 134 valence electrons. The lowest BCUT2D eigenvalue weighted by atomic mass is 10.2. The van der Waals surface area contributed by atoms with E-state index in [9.17, 15) is 27.9 Å². The van der Waals surface area contributed by atoms with Crippen molar-refractivity contribution in [3.63, 3.8) is 0 Å². The van der Waals surface area contributed by atoms with E-state index in [2.05, 4.69) is 10.6 Å². The van der Waals surface area contributed by atoms with Crippen LogP contribution in [0.15, 0.2) is 24.3 Å². The predicted octanol–water partition coefficient (Wildman–Crippen LogP) is -0.364. The molecular weight excluding hydrogens is 331 g/mol. The van der Waals surface area contributed by atoms with E-state index in [0.717, 1.165) is 24.3 Å². The summed E-state index contributed by atoms with van der Waals surface area (Å²) in [6.07, 6.45) is -5.50. The van der Waals surface area contributed by atoms with Crippen molar-refractivity contribution in [2.45, 2.75) is 12.3 Å². The van der Waals surface area contributed by atoms with Crippen molar-refractivity contribution in [2.75, 3.05) is 26.2 Å². The first-order valence-corrected chi connectivity index (χ1v) is 6.94. The Morgan fingerprint density at radius 3 is 2.33 bits per heavy atom. The van der Waals surface area contributed by atoms with Gasteiger partial charge in [0.25, 0.3) is 0 Å². The van der Waals surface area contributed by atoms with Gasteiger partial charge in [-0.2, -0.15) is 13.2 Å². The van der Waals surface area contributed by atoms with Crippen molar-refractivity contribution in [1.82, 2.24) is 10.6 Å². The Morgan fingerprint density at radius 1 is 1.17 bits per heavy atom. The molecule has 0 saturated heterocycles. The largest absolute Gasteiger partial charge is 0.491 e. The maximum atomic E-state index is 12.4. The zero-order valence-electron chi connectivity index (χ0n) is 12.6. The summed E-state index contributed by atoms with van der Waals surface area (Å²) >= 11 is 0. The van der Waals surface area contributed by atoms with Crippen LogP contribution in [0.3, 0.4) is 0 Å². The molecule has 1 aromatic rings. The van der Waals surface area contributed by atoms with Gasteiger partial charge in [-0.3, -0.25) is 9.59 Å². The number of carbonyl (C=O) groups is 2. The number of aliphatic hydroxyl groups is 1. The maximum Gasteiger partial charge on any atom is 0.416 e. The predicted molar refractivity (Wildman–Crippen MR) is 78.0 cm³/mol. The number of aliphatic hydroxyl groups excluding tert-OH is 1. The number of amides is 2. The Labute approximate surface area is 136 Å². The van der Waals surface area contributed by atoms with Crippen LogP contribution < -0.4 is 21.1 Å². The molecule has 2 amide bonds. The van der Waals surface area contributed by atoms with Crippen molar-refractivity contribution in [3.05, 3.63) is 29.8 Å². The number of carbonyl (C=O) groups excluding carboxylic acids is 2. The van der Waals surface area contributed by atoms with Gasteiger partial charge in [0.2, 0.25) is 11.8 Å². The summed E-state index contributed by atoms with van der Waals surface area (Å²) in [4.78, 5) is 22.2. The van der Waals surface area contributed by atoms with Gasteiger partial charge in [-0.15, -0.1) is 0 Å². The maximum absolute atomic E-state index is 12.4. The Bertz CT molecular complexity index is 549. The molecular formula is C14H18F3N3O4. The number of nitrogens with two attached hydrogens (primary N) is 1. The van der Waals surface area contributed by atoms with E-state index >= 15 is 0 Å². The molecule has 0 aliphatic rings. The van der Waals surface area contributed by atoms with Crippen molar-refractivity contribution >= 4 is 11.8 Å².